The molecule has 8 atom stereocenters. The van der Waals surface area contributed by atoms with Crippen LogP contribution in [0.15, 0.2) is 11.1 Å². The van der Waals surface area contributed by atoms with E-state index in [4.69, 9.17) is 9.47 Å². The van der Waals surface area contributed by atoms with Gasteiger partial charge < -0.3 is 9.47 Å². The molecule has 3 nitrogen and oxygen atoms in total. The maximum atomic E-state index is 11.9. The first-order valence-electron chi connectivity index (χ1n) is 15.1. The van der Waals surface area contributed by atoms with Crippen LogP contribution in [0.5, 0.6) is 0 Å². The van der Waals surface area contributed by atoms with E-state index in [9.17, 15) is 4.79 Å². The number of methoxy groups -OCH3 is 1. The molecule has 3 fully saturated rings. The molecule has 5 rings (SSSR count). The predicted molar refractivity (Wildman–Crippen MR) is 147 cm³/mol. The number of carbonyl (C=O) groups is 1. The number of fused-ring (bicyclic) bond motifs is 5. The highest BCUT2D eigenvalue weighted by Gasteiger charge is 2.62. The number of esters is 1. The minimum absolute atomic E-state index is 0.0276. The predicted octanol–water partition coefficient (Wildman–Crippen LogP) is 8.51. The second-order valence-corrected chi connectivity index (χ2v) is 15.7. The first-order chi connectivity index (χ1) is 16.7. The molecule has 0 aromatic rings. The van der Waals surface area contributed by atoms with Crippen molar-refractivity contribution in [3.63, 3.8) is 0 Å². The van der Waals surface area contributed by atoms with Gasteiger partial charge in [-0.2, -0.15) is 0 Å². The maximum absolute atomic E-state index is 11.9. The molecule has 0 unspecified atom stereocenters. The lowest BCUT2D eigenvalue weighted by Crippen LogP contribution is -2.58. The van der Waals surface area contributed by atoms with E-state index in [0.717, 1.165) is 18.3 Å². The van der Waals surface area contributed by atoms with Crippen LogP contribution in [-0.2, 0) is 14.3 Å². The van der Waals surface area contributed by atoms with E-state index >= 15 is 0 Å². The Labute approximate surface area is 221 Å². The molecular weight excluding hydrogens is 444 g/mol. The standard InChI is InChI=1S/C33H54O3/c1-21(34)36-28-16-18-32(7)23-11-13-26-31(6,20-22(23)10-12-24(32)30(28,4)5)17-14-25-29(2,3)27(35-9)15-19-33(25,26)8/h24-28H,10-20H2,1-9H3/t24-,25-,26-,27-,28+,31-,32+,33-/m0/s1. The van der Waals surface area contributed by atoms with Crippen LogP contribution in [0.3, 0.4) is 0 Å². The number of ether oxygens (including phenoxy) is 2. The number of allylic oxidation sites excluding steroid dienone is 2. The Balaban J connectivity index is 1.46. The van der Waals surface area contributed by atoms with E-state index in [1.54, 1.807) is 6.92 Å². The lowest BCUT2D eigenvalue weighted by Gasteiger charge is -2.64. The second-order valence-electron chi connectivity index (χ2n) is 15.7. The van der Waals surface area contributed by atoms with Gasteiger partial charge in [-0.25, -0.2) is 0 Å². The first-order valence-corrected chi connectivity index (χ1v) is 15.1. The molecule has 0 aromatic heterocycles. The van der Waals surface area contributed by atoms with Gasteiger partial charge in [-0.15, -0.1) is 0 Å². The van der Waals surface area contributed by atoms with Crippen LogP contribution in [0.25, 0.3) is 0 Å². The number of rotatable bonds is 2. The van der Waals surface area contributed by atoms with E-state index in [0.29, 0.717) is 22.9 Å². The Morgan fingerprint density at radius 3 is 2.06 bits per heavy atom. The summed E-state index contributed by atoms with van der Waals surface area (Å²) in [7, 11) is 1.93. The van der Waals surface area contributed by atoms with Crippen molar-refractivity contribution in [1.82, 2.24) is 0 Å². The van der Waals surface area contributed by atoms with E-state index in [2.05, 4.69) is 48.5 Å². The summed E-state index contributed by atoms with van der Waals surface area (Å²) in [6.45, 7) is 19.3. The quantitative estimate of drug-likeness (QED) is 0.283. The number of carbonyl (C=O) groups excluding carboxylic acids is 1. The van der Waals surface area contributed by atoms with Crippen LogP contribution in [0.4, 0.5) is 0 Å². The Hall–Kier alpha value is -0.830. The maximum Gasteiger partial charge on any atom is 0.302 e. The molecule has 5 aliphatic carbocycles. The van der Waals surface area contributed by atoms with Gasteiger partial charge in [-0.05, 0) is 110 Å². The summed E-state index contributed by atoms with van der Waals surface area (Å²) in [5.74, 6) is 2.01. The smallest absolute Gasteiger partial charge is 0.302 e. The second kappa shape index (κ2) is 8.59. The Kier molecular flexibility index (Phi) is 6.38. The van der Waals surface area contributed by atoms with Gasteiger partial charge in [0.2, 0.25) is 0 Å². The summed E-state index contributed by atoms with van der Waals surface area (Å²) < 4.78 is 11.9. The van der Waals surface area contributed by atoms with Crippen molar-refractivity contribution in [2.24, 2.45) is 44.8 Å². The Bertz CT molecular complexity index is 929. The number of hydrogen-bond donors (Lipinski definition) is 0. The summed E-state index contributed by atoms with van der Waals surface area (Å²) in [5, 5.41) is 0. The van der Waals surface area contributed by atoms with Gasteiger partial charge in [0.05, 0.1) is 6.10 Å². The normalized spacial score (nSPS) is 47.5. The molecule has 36 heavy (non-hydrogen) atoms. The van der Waals surface area contributed by atoms with Gasteiger partial charge in [0.25, 0.3) is 0 Å². The van der Waals surface area contributed by atoms with Crippen molar-refractivity contribution in [3.8, 4) is 0 Å². The molecule has 0 heterocycles. The highest BCUT2D eigenvalue weighted by Crippen LogP contribution is 2.70. The van der Waals surface area contributed by atoms with Crippen molar-refractivity contribution in [3.05, 3.63) is 11.1 Å². The molecule has 0 radical (unpaired) electrons. The SMILES string of the molecule is CO[C@H]1CC[C@@]2(C)[C@@H](CC[C@@]3(C)CC4=C(CC[C@@H]32)[C@@]2(C)CC[C@@H](OC(C)=O)C(C)(C)[C@@H]2CC4)C1(C)C. The van der Waals surface area contributed by atoms with E-state index in [1.165, 1.54) is 64.2 Å². The average molecular weight is 499 g/mol. The summed E-state index contributed by atoms with van der Waals surface area (Å²) in [5.41, 5.74) is 5.02. The van der Waals surface area contributed by atoms with Crippen molar-refractivity contribution >= 4 is 5.97 Å². The van der Waals surface area contributed by atoms with Crippen LogP contribution in [0.2, 0.25) is 0 Å². The van der Waals surface area contributed by atoms with E-state index < -0.39 is 0 Å². The molecule has 3 saturated carbocycles. The Morgan fingerprint density at radius 1 is 0.750 bits per heavy atom. The zero-order valence-corrected chi connectivity index (χ0v) is 24.9. The first kappa shape index (κ1) is 26.8. The summed E-state index contributed by atoms with van der Waals surface area (Å²) >= 11 is 0. The van der Waals surface area contributed by atoms with Crippen LogP contribution >= 0.6 is 0 Å². The minimum atomic E-state index is -0.118. The van der Waals surface area contributed by atoms with Crippen molar-refractivity contribution < 1.29 is 14.3 Å². The van der Waals surface area contributed by atoms with Gasteiger partial charge in [0, 0.05) is 19.4 Å². The third-order valence-electron chi connectivity index (χ3n) is 13.3. The fraction of sp³-hybridized carbons (Fsp3) is 0.909. The van der Waals surface area contributed by atoms with Crippen molar-refractivity contribution in [1.29, 1.82) is 0 Å². The largest absolute Gasteiger partial charge is 0.462 e. The highest BCUT2D eigenvalue weighted by molar-refractivity contribution is 5.66. The lowest BCUT2D eigenvalue weighted by atomic mass is 9.42. The molecule has 0 N–H and O–H groups in total. The fourth-order valence-electron chi connectivity index (χ4n) is 11.7. The summed E-state index contributed by atoms with van der Waals surface area (Å²) in [6.07, 6.45) is 14.3. The molecule has 0 saturated heterocycles. The van der Waals surface area contributed by atoms with Gasteiger partial charge in [-0.3, -0.25) is 4.79 Å². The average Bonchev–Trinajstić information content (AvgIpc) is 2.92. The third kappa shape index (κ3) is 3.71. The molecule has 0 aromatic carbocycles. The molecule has 5 aliphatic rings. The molecular formula is C33H54O3. The molecule has 0 spiro atoms. The highest BCUT2D eigenvalue weighted by atomic mass is 16.5. The fourth-order valence-corrected chi connectivity index (χ4v) is 11.7. The molecule has 0 amide bonds. The van der Waals surface area contributed by atoms with Crippen LogP contribution in [-0.4, -0.2) is 25.3 Å². The Morgan fingerprint density at radius 2 is 1.39 bits per heavy atom. The zero-order valence-electron chi connectivity index (χ0n) is 24.9. The molecule has 0 aliphatic heterocycles. The summed E-state index contributed by atoms with van der Waals surface area (Å²) in [6, 6.07) is 0. The lowest BCUT2D eigenvalue weighted by molar-refractivity contribution is -0.178. The van der Waals surface area contributed by atoms with Crippen LogP contribution in [0.1, 0.15) is 126 Å². The minimum Gasteiger partial charge on any atom is -0.462 e. The topological polar surface area (TPSA) is 35.5 Å². The molecule has 0 bridgehead atoms. The monoisotopic (exact) mass is 498 g/mol. The number of hydrogen-bond acceptors (Lipinski definition) is 3. The molecule has 204 valence electrons. The van der Waals surface area contributed by atoms with Gasteiger partial charge >= 0.3 is 5.97 Å². The third-order valence-corrected chi connectivity index (χ3v) is 13.3. The summed E-state index contributed by atoms with van der Waals surface area (Å²) in [4.78, 5) is 11.9. The van der Waals surface area contributed by atoms with Crippen molar-refractivity contribution in [2.45, 2.75) is 138 Å². The van der Waals surface area contributed by atoms with E-state index in [-0.39, 0.29) is 28.3 Å². The molecule has 3 heteroatoms. The van der Waals surface area contributed by atoms with Crippen molar-refractivity contribution in [2.75, 3.05) is 7.11 Å². The van der Waals surface area contributed by atoms with Gasteiger partial charge in [0.15, 0.2) is 0 Å². The van der Waals surface area contributed by atoms with Crippen LogP contribution in [0, 0.1) is 44.8 Å². The zero-order chi connectivity index (χ0) is 26.3. The van der Waals surface area contributed by atoms with Crippen LogP contribution < -0.4 is 0 Å². The van der Waals surface area contributed by atoms with Gasteiger partial charge in [-0.1, -0.05) is 59.6 Å². The van der Waals surface area contributed by atoms with E-state index in [1.807, 2.05) is 18.3 Å². The van der Waals surface area contributed by atoms with Gasteiger partial charge in [0.1, 0.15) is 6.10 Å².